The van der Waals surface area contributed by atoms with Gasteiger partial charge in [-0.25, -0.2) is 0 Å². The Morgan fingerprint density at radius 1 is 1.33 bits per heavy atom. The Balaban J connectivity index is 1.56. The molecule has 0 aromatic carbocycles. The molecular weight excluding hydrogens is 264 g/mol. The minimum atomic E-state index is 0.0970. The Morgan fingerprint density at radius 3 is 2.95 bits per heavy atom. The van der Waals surface area contributed by atoms with Crippen molar-refractivity contribution in [2.24, 2.45) is 0 Å². The van der Waals surface area contributed by atoms with Gasteiger partial charge in [0, 0.05) is 45.1 Å². The highest BCUT2D eigenvalue weighted by molar-refractivity contribution is 5.82. The third-order valence-electron chi connectivity index (χ3n) is 4.49. The van der Waals surface area contributed by atoms with Gasteiger partial charge in [-0.3, -0.25) is 14.7 Å². The van der Waals surface area contributed by atoms with E-state index in [0.717, 1.165) is 58.5 Å². The van der Waals surface area contributed by atoms with Gasteiger partial charge in [0.15, 0.2) is 0 Å². The molecule has 114 valence electrons. The first-order valence-corrected chi connectivity index (χ1v) is 7.97. The Hall–Kier alpha value is -1.46. The summed E-state index contributed by atoms with van der Waals surface area (Å²) in [4.78, 5) is 21.2. The third-order valence-corrected chi connectivity index (χ3v) is 4.49. The van der Waals surface area contributed by atoms with Crippen LogP contribution in [0.2, 0.25) is 0 Å². The molecule has 0 spiro atoms. The van der Waals surface area contributed by atoms with Crippen LogP contribution >= 0.6 is 0 Å². The second kappa shape index (κ2) is 7.00. The predicted molar refractivity (Wildman–Crippen MR) is 82.0 cm³/mol. The van der Waals surface area contributed by atoms with E-state index in [2.05, 4.69) is 21.3 Å². The van der Waals surface area contributed by atoms with E-state index < -0.39 is 0 Å². The fraction of sp³-hybridized carbons (Fsp3) is 0.625. The smallest absolute Gasteiger partial charge is 0.240 e. The lowest BCUT2D eigenvalue weighted by molar-refractivity contribution is -0.136. The number of pyridine rings is 1. The molecule has 1 aromatic rings. The Labute approximate surface area is 126 Å². The zero-order chi connectivity index (χ0) is 14.5. The Kier molecular flexibility index (Phi) is 4.83. The minimum absolute atomic E-state index is 0.0970. The van der Waals surface area contributed by atoms with Gasteiger partial charge >= 0.3 is 0 Å². The van der Waals surface area contributed by atoms with Crippen molar-refractivity contribution in [3.63, 3.8) is 0 Å². The van der Waals surface area contributed by atoms with Crippen LogP contribution < -0.4 is 5.32 Å². The van der Waals surface area contributed by atoms with E-state index in [1.165, 1.54) is 5.56 Å². The number of aromatic nitrogens is 1. The van der Waals surface area contributed by atoms with Gasteiger partial charge in [-0.2, -0.15) is 0 Å². The first kappa shape index (κ1) is 14.5. The van der Waals surface area contributed by atoms with Crippen LogP contribution in [0, 0.1) is 0 Å². The highest BCUT2D eigenvalue weighted by Crippen LogP contribution is 2.20. The third kappa shape index (κ3) is 3.60. The van der Waals surface area contributed by atoms with E-state index in [1.54, 1.807) is 6.20 Å². The quantitative estimate of drug-likeness (QED) is 0.877. The van der Waals surface area contributed by atoms with Crippen molar-refractivity contribution in [3.05, 3.63) is 30.1 Å². The SMILES string of the molecule is O=C(C1CCCN1CCc1cccnc1)N1CCNCC1. The number of amides is 1. The molecule has 1 aromatic heterocycles. The lowest BCUT2D eigenvalue weighted by atomic mass is 10.1. The van der Waals surface area contributed by atoms with Crippen LogP contribution in [0.1, 0.15) is 18.4 Å². The molecule has 2 saturated heterocycles. The molecule has 1 amide bonds. The average molecular weight is 288 g/mol. The fourth-order valence-corrected chi connectivity index (χ4v) is 3.29. The summed E-state index contributed by atoms with van der Waals surface area (Å²) in [5.41, 5.74) is 1.25. The van der Waals surface area contributed by atoms with E-state index in [0.29, 0.717) is 5.91 Å². The summed E-state index contributed by atoms with van der Waals surface area (Å²) in [6, 6.07) is 4.18. The summed E-state index contributed by atoms with van der Waals surface area (Å²) >= 11 is 0. The number of carbonyl (C=O) groups excluding carboxylic acids is 1. The normalized spacial score (nSPS) is 23.4. The summed E-state index contributed by atoms with van der Waals surface area (Å²) < 4.78 is 0. The van der Waals surface area contributed by atoms with E-state index in [4.69, 9.17) is 0 Å². The maximum Gasteiger partial charge on any atom is 0.240 e. The van der Waals surface area contributed by atoms with E-state index in [-0.39, 0.29) is 6.04 Å². The van der Waals surface area contributed by atoms with Crippen LogP contribution in [-0.4, -0.2) is 66.0 Å². The standard InChI is InChI=1S/C16H24N4O/c21-16(20-11-7-17-8-12-20)15-4-2-9-19(15)10-5-14-3-1-6-18-13-14/h1,3,6,13,15,17H,2,4-5,7-12H2. The highest BCUT2D eigenvalue weighted by Gasteiger charge is 2.33. The Morgan fingerprint density at radius 2 is 2.19 bits per heavy atom. The molecule has 3 heterocycles. The number of carbonyl (C=O) groups is 1. The highest BCUT2D eigenvalue weighted by atomic mass is 16.2. The van der Waals surface area contributed by atoms with Gasteiger partial charge in [-0.15, -0.1) is 0 Å². The lowest BCUT2D eigenvalue weighted by Gasteiger charge is -2.33. The summed E-state index contributed by atoms with van der Waals surface area (Å²) in [6.07, 6.45) is 6.84. The summed E-state index contributed by atoms with van der Waals surface area (Å²) in [6.45, 7) is 5.55. The van der Waals surface area contributed by atoms with Crippen LogP contribution in [0.3, 0.4) is 0 Å². The number of hydrogen-bond acceptors (Lipinski definition) is 4. The van der Waals surface area contributed by atoms with Gasteiger partial charge in [0.2, 0.25) is 5.91 Å². The molecule has 1 N–H and O–H groups in total. The molecule has 0 bridgehead atoms. The Bertz CT molecular complexity index is 459. The topological polar surface area (TPSA) is 48.5 Å². The van der Waals surface area contributed by atoms with Crippen LogP contribution in [0.25, 0.3) is 0 Å². The molecule has 2 fully saturated rings. The monoisotopic (exact) mass is 288 g/mol. The second-order valence-electron chi connectivity index (χ2n) is 5.88. The summed E-state index contributed by atoms with van der Waals surface area (Å²) in [7, 11) is 0. The molecule has 0 radical (unpaired) electrons. The number of nitrogens with zero attached hydrogens (tertiary/aromatic N) is 3. The van der Waals surface area contributed by atoms with Crippen molar-refractivity contribution in [1.29, 1.82) is 0 Å². The zero-order valence-corrected chi connectivity index (χ0v) is 12.5. The molecule has 2 aliphatic heterocycles. The number of hydrogen-bond donors (Lipinski definition) is 1. The maximum absolute atomic E-state index is 12.7. The van der Waals surface area contributed by atoms with E-state index in [1.807, 2.05) is 17.2 Å². The molecule has 5 nitrogen and oxygen atoms in total. The van der Waals surface area contributed by atoms with Gasteiger partial charge in [0.05, 0.1) is 6.04 Å². The van der Waals surface area contributed by atoms with Gasteiger partial charge in [0.1, 0.15) is 0 Å². The number of rotatable bonds is 4. The number of nitrogens with one attached hydrogen (secondary N) is 1. The number of piperazine rings is 1. The molecule has 1 atom stereocenters. The molecule has 1 unspecified atom stereocenters. The van der Waals surface area contributed by atoms with E-state index in [9.17, 15) is 4.79 Å². The van der Waals surface area contributed by atoms with Gasteiger partial charge < -0.3 is 10.2 Å². The van der Waals surface area contributed by atoms with Crippen molar-refractivity contribution >= 4 is 5.91 Å². The lowest BCUT2D eigenvalue weighted by Crippen LogP contribution is -2.52. The molecular formula is C16H24N4O. The van der Waals surface area contributed by atoms with Crippen molar-refractivity contribution in [1.82, 2.24) is 20.1 Å². The van der Waals surface area contributed by atoms with Crippen molar-refractivity contribution in [3.8, 4) is 0 Å². The molecule has 0 aliphatic carbocycles. The van der Waals surface area contributed by atoms with Crippen LogP contribution in [-0.2, 0) is 11.2 Å². The molecule has 2 aliphatic rings. The van der Waals surface area contributed by atoms with Gasteiger partial charge in [0.25, 0.3) is 0 Å². The molecule has 21 heavy (non-hydrogen) atoms. The van der Waals surface area contributed by atoms with Crippen molar-refractivity contribution in [2.75, 3.05) is 39.3 Å². The minimum Gasteiger partial charge on any atom is -0.339 e. The van der Waals surface area contributed by atoms with Crippen LogP contribution in [0.4, 0.5) is 0 Å². The molecule has 0 saturated carbocycles. The van der Waals surface area contributed by atoms with Gasteiger partial charge in [-0.05, 0) is 37.4 Å². The van der Waals surface area contributed by atoms with Crippen molar-refractivity contribution < 1.29 is 4.79 Å². The maximum atomic E-state index is 12.7. The fourth-order valence-electron chi connectivity index (χ4n) is 3.29. The molecule has 5 heteroatoms. The molecule has 3 rings (SSSR count). The second-order valence-corrected chi connectivity index (χ2v) is 5.88. The van der Waals surface area contributed by atoms with Crippen molar-refractivity contribution in [2.45, 2.75) is 25.3 Å². The zero-order valence-electron chi connectivity index (χ0n) is 12.5. The predicted octanol–water partition coefficient (Wildman–Crippen LogP) is 0.520. The van der Waals surface area contributed by atoms with E-state index >= 15 is 0 Å². The first-order valence-electron chi connectivity index (χ1n) is 7.97. The average Bonchev–Trinajstić information content (AvgIpc) is 3.02. The summed E-state index contributed by atoms with van der Waals surface area (Å²) in [5, 5.41) is 3.30. The van der Waals surface area contributed by atoms with Crippen LogP contribution in [0.5, 0.6) is 0 Å². The largest absolute Gasteiger partial charge is 0.339 e. The van der Waals surface area contributed by atoms with Crippen LogP contribution in [0.15, 0.2) is 24.5 Å². The summed E-state index contributed by atoms with van der Waals surface area (Å²) in [5.74, 6) is 0.334. The first-order chi connectivity index (χ1) is 10.3. The van der Waals surface area contributed by atoms with Gasteiger partial charge in [-0.1, -0.05) is 6.07 Å². The number of likely N-dealkylation sites (tertiary alicyclic amines) is 1.